The molecule has 1 amide bonds. The number of benzene rings is 1. The van der Waals surface area contributed by atoms with Gasteiger partial charge >= 0.3 is 0 Å². The Balaban J connectivity index is 2.06. The van der Waals surface area contributed by atoms with Crippen LogP contribution in [0, 0.1) is 0 Å². The number of anilines is 1. The summed E-state index contributed by atoms with van der Waals surface area (Å²) in [7, 11) is 5.94. The van der Waals surface area contributed by atoms with Crippen LogP contribution < -0.4 is 5.73 Å². The van der Waals surface area contributed by atoms with E-state index in [1.807, 2.05) is 45.4 Å². The first-order valence-corrected chi connectivity index (χ1v) is 7.48. The van der Waals surface area contributed by atoms with Crippen molar-refractivity contribution in [2.24, 2.45) is 0 Å². The molecule has 1 aromatic carbocycles. The number of thiophene rings is 1. The van der Waals surface area contributed by atoms with Gasteiger partial charge in [-0.1, -0.05) is 0 Å². The van der Waals surface area contributed by atoms with E-state index in [9.17, 15) is 4.79 Å². The van der Waals surface area contributed by atoms with Gasteiger partial charge in [0.15, 0.2) is 0 Å². The van der Waals surface area contributed by atoms with Crippen LogP contribution in [0.1, 0.15) is 16.1 Å². The maximum absolute atomic E-state index is 12.4. The Hall–Kier alpha value is -1.59. The highest BCUT2D eigenvalue weighted by Gasteiger charge is 2.14. The number of rotatable bonds is 5. The fourth-order valence-electron chi connectivity index (χ4n) is 2.08. The number of carbonyl (C=O) groups is 1. The van der Waals surface area contributed by atoms with Crippen molar-refractivity contribution in [3.05, 3.63) is 29.1 Å². The van der Waals surface area contributed by atoms with Gasteiger partial charge < -0.3 is 15.5 Å². The summed E-state index contributed by atoms with van der Waals surface area (Å²) in [5.41, 5.74) is 6.50. The lowest BCUT2D eigenvalue weighted by molar-refractivity contribution is 0.0795. The monoisotopic (exact) mass is 291 g/mol. The van der Waals surface area contributed by atoms with E-state index < -0.39 is 0 Å². The molecule has 2 rings (SSSR count). The fraction of sp³-hybridized carbons (Fsp3) is 0.400. The van der Waals surface area contributed by atoms with Gasteiger partial charge in [-0.15, -0.1) is 11.3 Å². The van der Waals surface area contributed by atoms with Crippen LogP contribution in [0.5, 0.6) is 0 Å². The van der Waals surface area contributed by atoms with Crippen LogP contribution in [0.25, 0.3) is 10.1 Å². The predicted octanol–water partition coefficient (Wildman–Crippen LogP) is 2.51. The summed E-state index contributed by atoms with van der Waals surface area (Å²) < 4.78 is 1.10. The van der Waals surface area contributed by atoms with Crippen LogP contribution in [0.3, 0.4) is 0 Å². The zero-order valence-corrected chi connectivity index (χ0v) is 13.0. The van der Waals surface area contributed by atoms with Crippen molar-refractivity contribution >= 4 is 33.0 Å². The normalized spacial score (nSPS) is 11.2. The summed E-state index contributed by atoms with van der Waals surface area (Å²) in [6.07, 6.45) is 0.979. The van der Waals surface area contributed by atoms with E-state index >= 15 is 0 Å². The summed E-state index contributed by atoms with van der Waals surface area (Å²) >= 11 is 1.52. The molecule has 20 heavy (non-hydrogen) atoms. The Morgan fingerprint density at radius 2 is 1.95 bits per heavy atom. The molecule has 0 spiro atoms. The molecular formula is C15H21N3OS. The smallest absolute Gasteiger partial charge is 0.263 e. The van der Waals surface area contributed by atoms with Crippen molar-refractivity contribution in [1.82, 2.24) is 9.80 Å². The second kappa shape index (κ2) is 6.24. The molecule has 4 nitrogen and oxygen atoms in total. The number of hydrogen-bond donors (Lipinski definition) is 1. The van der Waals surface area contributed by atoms with Crippen LogP contribution in [0.2, 0.25) is 0 Å². The number of nitrogen functional groups attached to an aromatic ring is 1. The van der Waals surface area contributed by atoms with Crippen LogP contribution in [-0.2, 0) is 0 Å². The van der Waals surface area contributed by atoms with Crippen LogP contribution in [-0.4, -0.2) is 49.9 Å². The summed E-state index contributed by atoms with van der Waals surface area (Å²) in [5, 5.41) is 1.04. The van der Waals surface area contributed by atoms with Gasteiger partial charge in [-0.25, -0.2) is 0 Å². The second-order valence-corrected chi connectivity index (χ2v) is 6.38. The largest absolute Gasteiger partial charge is 0.399 e. The van der Waals surface area contributed by atoms with E-state index in [0.29, 0.717) is 0 Å². The maximum Gasteiger partial charge on any atom is 0.263 e. The molecule has 1 heterocycles. The van der Waals surface area contributed by atoms with Gasteiger partial charge in [0.1, 0.15) is 0 Å². The van der Waals surface area contributed by atoms with Crippen molar-refractivity contribution in [2.75, 3.05) is 40.0 Å². The number of nitrogens with two attached hydrogens (primary N) is 1. The number of amides is 1. The fourth-order valence-corrected chi connectivity index (χ4v) is 3.12. The van der Waals surface area contributed by atoms with Crippen LogP contribution >= 0.6 is 11.3 Å². The Morgan fingerprint density at radius 1 is 1.20 bits per heavy atom. The summed E-state index contributed by atoms with van der Waals surface area (Å²) in [6, 6.07) is 7.68. The molecule has 0 saturated carbocycles. The molecule has 0 bridgehead atoms. The molecular weight excluding hydrogens is 270 g/mol. The van der Waals surface area contributed by atoms with Gasteiger partial charge in [-0.3, -0.25) is 4.79 Å². The minimum Gasteiger partial charge on any atom is -0.399 e. The van der Waals surface area contributed by atoms with Crippen LogP contribution in [0.4, 0.5) is 5.69 Å². The lowest BCUT2D eigenvalue weighted by Crippen LogP contribution is -2.29. The van der Waals surface area contributed by atoms with Gasteiger partial charge in [0.2, 0.25) is 0 Å². The van der Waals surface area contributed by atoms with Crippen molar-refractivity contribution < 1.29 is 4.79 Å². The molecule has 5 heteroatoms. The van der Waals surface area contributed by atoms with E-state index in [-0.39, 0.29) is 5.91 Å². The predicted molar refractivity (Wildman–Crippen MR) is 86.4 cm³/mol. The third kappa shape index (κ3) is 3.49. The van der Waals surface area contributed by atoms with Gasteiger partial charge in [0, 0.05) is 24.0 Å². The van der Waals surface area contributed by atoms with E-state index in [2.05, 4.69) is 4.90 Å². The number of fused-ring (bicyclic) bond motifs is 1. The van der Waals surface area contributed by atoms with Gasteiger partial charge in [0.25, 0.3) is 5.91 Å². The maximum atomic E-state index is 12.4. The molecule has 1 aromatic heterocycles. The SMILES string of the molecule is CN(C)CCCN(C)C(=O)c1cc2cc(N)ccc2s1. The zero-order chi connectivity index (χ0) is 14.7. The summed E-state index contributed by atoms with van der Waals surface area (Å²) in [4.78, 5) is 17.1. The first kappa shape index (κ1) is 14.8. The minimum absolute atomic E-state index is 0.0866. The van der Waals surface area contributed by atoms with E-state index in [1.165, 1.54) is 11.3 Å². The quantitative estimate of drug-likeness (QED) is 0.861. The molecule has 0 unspecified atom stereocenters. The highest BCUT2D eigenvalue weighted by Crippen LogP contribution is 2.28. The first-order chi connectivity index (χ1) is 9.47. The van der Waals surface area contributed by atoms with E-state index in [0.717, 1.165) is 40.2 Å². The first-order valence-electron chi connectivity index (χ1n) is 6.66. The van der Waals surface area contributed by atoms with Crippen LogP contribution in [0.15, 0.2) is 24.3 Å². The number of hydrogen-bond acceptors (Lipinski definition) is 4. The molecule has 0 atom stereocenters. The molecule has 0 aliphatic heterocycles. The Morgan fingerprint density at radius 3 is 2.65 bits per heavy atom. The number of nitrogens with zero attached hydrogens (tertiary/aromatic N) is 2. The molecule has 0 aliphatic rings. The lowest BCUT2D eigenvalue weighted by Gasteiger charge is -2.17. The Kier molecular flexibility index (Phi) is 4.62. The van der Waals surface area contributed by atoms with Crippen molar-refractivity contribution in [3.63, 3.8) is 0 Å². The molecule has 0 fully saturated rings. The van der Waals surface area contributed by atoms with E-state index in [4.69, 9.17) is 5.73 Å². The minimum atomic E-state index is 0.0866. The average Bonchev–Trinajstić information content (AvgIpc) is 2.80. The Bertz CT molecular complexity index is 606. The molecule has 0 aliphatic carbocycles. The third-order valence-electron chi connectivity index (χ3n) is 3.20. The molecule has 0 radical (unpaired) electrons. The second-order valence-electron chi connectivity index (χ2n) is 5.29. The standard InChI is InChI=1S/C15H21N3OS/c1-17(2)7-4-8-18(3)15(19)14-10-11-9-12(16)5-6-13(11)20-14/h5-6,9-10H,4,7-8,16H2,1-3H3. The molecule has 2 aromatic rings. The Labute approximate surface area is 123 Å². The van der Waals surface area contributed by atoms with Gasteiger partial charge in [-0.05, 0) is 56.7 Å². The van der Waals surface area contributed by atoms with E-state index in [1.54, 1.807) is 4.90 Å². The lowest BCUT2D eigenvalue weighted by atomic mass is 10.2. The summed E-state index contributed by atoms with van der Waals surface area (Å²) in [5.74, 6) is 0.0866. The third-order valence-corrected chi connectivity index (χ3v) is 4.30. The van der Waals surface area contributed by atoms with Crippen molar-refractivity contribution in [3.8, 4) is 0 Å². The van der Waals surface area contributed by atoms with Crippen molar-refractivity contribution in [1.29, 1.82) is 0 Å². The average molecular weight is 291 g/mol. The highest BCUT2D eigenvalue weighted by atomic mass is 32.1. The van der Waals surface area contributed by atoms with Crippen molar-refractivity contribution in [2.45, 2.75) is 6.42 Å². The highest BCUT2D eigenvalue weighted by molar-refractivity contribution is 7.20. The molecule has 108 valence electrons. The topological polar surface area (TPSA) is 49.6 Å². The zero-order valence-electron chi connectivity index (χ0n) is 12.2. The van der Waals surface area contributed by atoms with Gasteiger partial charge in [0.05, 0.1) is 4.88 Å². The molecule has 0 saturated heterocycles. The number of carbonyl (C=O) groups excluding carboxylic acids is 1. The molecule has 2 N–H and O–H groups in total. The van der Waals surface area contributed by atoms with Gasteiger partial charge in [-0.2, -0.15) is 0 Å². The summed E-state index contributed by atoms with van der Waals surface area (Å²) in [6.45, 7) is 1.76.